The molecule has 2 heterocycles. The van der Waals surface area contributed by atoms with Gasteiger partial charge in [0.05, 0.1) is 25.2 Å². The highest BCUT2D eigenvalue weighted by atomic mass is 16.6. The van der Waals surface area contributed by atoms with Crippen LogP contribution in [0.15, 0.2) is 17.1 Å². The number of fused-ring (bicyclic) bond motifs is 1. The first kappa shape index (κ1) is 28.6. The van der Waals surface area contributed by atoms with Gasteiger partial charge in [-0.3, -0.25) is 19.4 Å². The molecule has 1 aliphatic carbocycles. The first-order valence-electron chi connectivity index (χ1n) is 13.4. The number of carboxylic acids is 1. The Morgan fingerprint density at radius 1 is 1.19 bits per heavy atom. The quantitative estimate of drug-likeness (QED) is 0.195. The van der Waals surface area contributed by atoms with E-state index < -0.39 is 47.0 Å². The number of aliphatic imine (C=N–C) groups is 1. The van der Waals surface area contributed by atoms with Crippen LogP contribution in [0.4, 0.5) is 0 Å². The number of ether oxygens (including phenoxy) is 1. The zero-order valence-electron chi connectivity index (χ0n) is 21.2. The molecule has 2 fully saturated rings. The molecule has 0 radical (unpaired) electrons. The molecule has 4 N–H and O–H groups in total. The van der Waals surface area contributed by atoms with Crippen molar-refractivity contribution in [3.8, 4) is 0 Å². The average molecular weight is 508 g/mol. The lowest BCUT2D eigenvalue weighted by Crippen LogP contribution is -2.67. The lowest BCUT2D eigenvalue weighted by molar-refractivity contribution is -0.285. The fraction of sp³-hybridized carbons (Fsp3) is 0.778. The van der Waals surface area contributed by atoms with Crippen molar-refractivity contribution in [1.82, 2.24) is 0 Å². The number of carbonyl (C=O) groups excluding carboxylic acids is 2. The van der Waals surface area contributed by atoms with Crippen molar-refractivity contribution in [2.24, 2.45) is 16.3 Å². The summed E-state index contributed by atoms with van der Waals surface area (Å²) in [7, 11) is 0. The Balaban J connectivity index is 1.66. The monoisotopic (exact) mass is 507 g/mol. The van der Waals surface area contributed by atoms with Gasteiger partial charge in [0.15, 0.2) is 11.6 Å². The summed E-state index contributed by atoms with van der Waals surface area (Å²) in [5, 5.41) is 41.3. The predicted molar refractivity (Wildman–Crippen MR) is 133 cm³/mol. The van der Waals surface area contributed by atoms with Crippen molar-refractivity contribution in [2.75, 3.05) is 6.54 Å². The molecule has 0 amide bonds. The summed E-state index contributed by atoms with van der Waals surface area (Å²) in [5.41, 5.74) is -0.341. The van der Waals surface area contributed by atoms with Gasteiger partial charge in [-0.15, -0.1) is 0 Å². The summed E-state index contributed by atoms with van der Waals surface area (Å²) in [5.74, 6) is -4.15. The van der Waals surface area contributed by atoms with Crippen molar-refractivity contribution in [2.45, 2.75) is 114 Å². The van der Waals surface area contributed by atoms with Crippen LogP contribution in [-0.2, 0) is 19.1 Å². The van der Waals surface area contributed by atoms with Crippen molar-refractivity contribution < 1.29 is 39.5 Å². The van der Waals surface area contributed by atoms with Gasteiger partial charge in [0, 0.05) is 36.3 Å². The Bertz CT molecular complexity index is 870. The number of carboxylic acid groups (broad SMARTS) is 1. The minimum absolute atomic E-state index is 0.0692. The van der Waals surface area contributed by atoms with Crippen LogP contribution in [0.1, 0.15) is 90.4 Å². The predicted octanol–water partition coefficient (Wildman–Crippen LogP) is 2.74. The largest absolute Gasteiger partial charge is 0.481 e. The zero-order valence-corrected chi connectivity index (χ0v) is 21.2. The number of unbranched alkanes of at least 4 members (excludes halogenated alkanes) is 5. The second kappa shape index (κ2) is 12.5. The molecule has 1 unspecified atom stereocenters. The van der Waals surface area contributed by atoms with Gasteiger partial charge in [-0.1, -0.05) is 51.2 Å². The van der Waals surface area contributed by atoms with Gasteiger partial charge in [-0.25, -0.2) is 0 Å². The average Bonchev–Trinajstić information content (AvgIpc) is 3.12. The fourth-order valence-corrected chi connectivity index (χ4v) is 6.00. The molecule has 9 nitrogen and oxygen atoms in total. The highest BCUT2D eigenvalue weighted by molar-refractivity contribution is 6.11. The second-order valence-corrected chi connectivity index (χ2v) is 10.5. The van der Waals surface area contributed by atoms with Crippen LogP contribution in [0.2, 0.25) is 0 Å². The third-order valence-electron chi connectivity index (χ3n) is 7.99. The van der Waals surface area contributed by atoms with E-state index in [1.165, 1.54) is 0 Å². The van der Waals surface area contributed by atoms with E-state index in [9.17, 15) is 29.7 Å². The third kappa shape index (κ3) is 6.30. The minimum atomic E-state index is -2.07. The maximum Gasteiger partial charge on any atom is 0.303 e. The maximum absolute atomic E-state index is 13.0. The number of hydrogen-bond donors (Lipinski definition) is 4. The Morgan fingerprint density at radius 2 is 1.92 bits per heavy atom. The van der Waals surface area contributed by atoms with Gasteiger partial charge in [-0.2, -0.15) is 0 Å². The summed E-state index contributed by atoms with van der Waals surface area (Å²) in [4.78, 5) is 40.7. The number of Topliss-reactive ketones (excluding diaryl/α,β-unsaturated/α-hetero) is 2. The van der Waals surface area contributed by atoms with E-state index in [1.54, 1.807) is 0 Å². The van der Waals surface area contributed by atoms with Crippen LogP contribution in [0.25, 0.3) is 0 Å². The molecule has 1 saturated heterocycles. The standard InChI is InChI=1S/C27H41NO8/c1-2-3-4-8-11-18-21(14-20(30)19(29)12-9-6-5-7-10-13-25(33)34)36-27(35)17-26(18)22(15-23(27)31)28-16-24(26)32/h4,8,18-19,21,24,29,32,35H,2-3,5-7,9-17H2,1H3,(H,33,34)/t18-,19+,21-,24+,26?,27-/m0/s1. The van der Waals surface area contributed by atoms with Crippen LogP contribution >= 0.6 is 0 Å². The molecule has 3 aliphatic rings. The van der Waals surface area contributed by atoms with E-state index >= 15 is 0 Å². The van der Waals surface area contributed by atoms with Crippen LogP contribution in [-0.4, -0.2) is 74.3 Å². The number of rotatable bonds is 15. The lowest BCUT2D eigenvalue weighted by atomic mass is 9.56. The molecule has 36 heavy (non-hydrogen) atoms. The Morgan fingerprint density at radius 3 is 2.64 bits per heavy atom. The molecular formula is C27H41NO8. The number of ketones is 2. The number of carbonyl (C=O) groups is 3. The molecule has 0 aromatic carbocycles. The van der Waals surface area contributed by atoms with E-state index in [0.717, 1.165) is 32.1 Å². The second-order valence-electron chi connectivity index (χ2n) is 10.5. The summed E-state index contributed by atoms with van der Waals surface area (Å²) >= 11 is 0. The number of nitrogens with zero attached hydrogens (tertiary/aromatic N) is 1. The van der Waals surface area contributed by atoms with E-state index in [4.69, 9.17) is 9.84 Å². The molecular weight excluding hydrogens is 466 g/mol. The van der Waals surface area contributed by atoms with Gasteiger partial charge in [-0.05, 0) is 25.7 Å². The Kier molecular flexibility index (Phi) is 9.97. The summed E-state index contributed by atoms with van der Waals surface area (Å²) < 4.78 is 5.91. The first-order chi connectivity index (χ1) is 17.1. The molecule has 3 rings (SSSR count). The van der Waals surface area contributed by atoms with Gasteiger partial charge >= 0.3 is 5.97 Å². The van der Waals surface area contributed by atoms with Crippen molar-refractivity contribution in [3.63, 3.8) is 0 Å². The molecule has 2 bridgehead atoms. The third-order valence-corrected chi connectivity index (χ3v) is 7.99. The summed E-state index contributed by atoms with van der Waals surface area (Å²) in [6, 6.07) is 0. The molecule has 0 aromatic rings. The van der Waals surface area contributed by atoms with Crippen molar-refractivity contribution >= 4 is 23.2 Å². The topological polar surface area (TPSA) is 154 Å². The van der Waals surface area contributed by atoms with Gasteiger partial charge < -0.3 is 25.2 Å². The number of aliphatic carboxylic acids is 1. The van der Waals surface area contributed by atoms with Gasteiger partial charge in [0.25, 0.3) is 0 Å². The normalized spacial score (nSPS) is 32.4. The first-order valence-corrected chi connectivity index (χ1v) is 13.4. The maximum atomic E-state index is 13.0. The Hall–Kier alpha value is -1.94. The Labute approximate surface area is 212 Å². The van der Waals surface area contributed by atoms with Crippen molar-refractivity contribution in [3.05, 3.63) is 12.2 Å². The highest BCUT2D eigenvalue weighted by Crippen LogP contribution is 2.56. The van der Waals surface area contributed by atoms with E-state index in [2.05, 4.69) is 11.9 Å². The fourth-order valence-electron chi connectivity index (χ4n) is 6.00. The van der Waals surface area contributed by atoms with Crippen LogP contribution in [0, 0.1) is 11.3 Å². The highest BCUT2D eigenvalue weighted by Gasteiger charge is 2.67. The van der Waals surface area contributed by atoms with Crippen molar-refractivity contribution in [1.29, 1.82) is 0 Å². The van der Waals surface area contributed by atoms with Gasteiger partial charge in [0.1, 0.15) is 6.10 Å². The summed E-state index contributed by atoms with van der Waals surface area (Å²) in [6.45, 7) is 2.23. The smallest absolute Gasteiger partial charge is 0.303 e. The molecule has 6 atom stereocenters. The van der Waals surface area contributed by atoms with Crippen LogP contribution in [0.3, 0.4) is 0 Å². The molecule has 202 valence electrons. The lowest BCUT2D eigenvalue weighted by Gasteiger charge is -2.55. The molecule has 2 aliphatic heterocycles. The van der Waals surface area contributed by atoms with Gasteiger partial charge in [0.2, 0.25) is 5.79 Å². The molecule has 1 spiro atoms. The van der Waals surface area contributed by atoms with Crippen LogP contribution in [0.5, 0.6) is 0 Å². The number of hydrogen-bond acceptors (Lipinski definition) is 8. The molecule has 1 saturated carbocycles. The van der Waals surface area contributed by atoms with E-state index in [-0.39, 0.29) is 44.6 Å². The number of aliphatic hydroxyl groups is 3. The van der Waals surface area contributed by atoms with E-state index in [0.29, 0.717) is 25.0 Å². The molecule has 9 heteroatoms. The zero-order chi connectivity index (χ0) is 26.3. The minimum Gasteiger partial charge on any atom is -0.481 e. The molecule has 0 aromatic heterocycles. The number of aliphatic hydroxyl groups excluding tert-OH is 2. The number of allylic oxidation sites excluding steroid dienone is 2. The summed E-state index contributed by atoms with van der Waals surface area (Å²) in [6.07, 6.45) is 7.35. The van der Waals surface area contributed by atoms with E-state index in [1.807, 2.05) is 12.2 Å². The van der Waals surface area contributed by atoms with Crippen LogP contribution < -0.4 is 0 Å². The SMILES string of the molecule is CCCC=CC[C@H]1[C@H](CC(=O)[C@H](O)CCCCCCCC(=O)O)O[C@@]2(O)CC13C(=NC[C@H]3O)CC2=O.